The van der Waals surface area contributed by atoms with Crippen LogP contribution in [0.1, 0.15) is 33.2 Å². The maximum absolute atomic E-state index is 13.7. The molecule has 1 N–H and O–H groups in total. The van der Waals surface area contributed by atoms with Gasteiger partial charge in [-0.2, -0.15) is 0 Å². The van der Waals surface area contributed by atoms with E-state index in [0.717, 1.165) is 5.56 Å². The van der Waals surface area contributed by atoms with E-state index in [1.54, 1.807) is 21.9 Å². The van der Waals surface area contributed by atoms with Crippen LogP contribution >= 0.6 is 23.2 Å². The number of nitro benzene ring substituents is 1. The Hall–Kier alpha value is -3.95. The number of non-ortho nitro benzene ring substituents is 1. The Morgan fingerprint density at radius 3 is 2.33 bits per heavy atom. The van der Waals surface area contributed by atoms with Crippen molar-refractivity contribution in [1.29, 1.82) is 0 Å². The fraction of sp³-hybridized carbons (Fsp3) is 0.250. The van der Waals surface area contributed by atoms with Gasteiger partial charge in [-0.05, 0) is 42.8 Å². The van der Waals surface area contributed by atoms with Gasteiger partial charge < -0.3 is 15.1 Å². The molecule has 11 heteroatoms. The van der Waals surface area contributed by atoms with E-state index >= 15 is 0 Å². The Balaban J connectivity index is 1.49. The molecule has 202 valence electrons. The number of halogens is 2. The van der Waals surface area contributed by atoms with Crippen LogP contribution in [-0.4, -0.2) is 64.2 Å². The molecule has 0 aromatic heterocycles. The second kappa shape index (κ2) is 12.3. The number of nitrogens with zero attached hydrogens (tertiary/aromatic N) is 3. The molecular weight excluding hydrogens is 543 g/mol. The van der Waals surface area contributed by atoms with Gasteiger partial charge in [-0.3, -0.25) is 24.5 Å². The van der Waals surface area contributed by atoms with Crippen molar-refractivity contribution in [3.63, 3.8) is 0 Å². The fourth-order valence-corrected chi connectivity index (χ4v) is 5.01. The molecule has 2 atom stereocenters. The zero-order valence-electron chi connectivity index (χ0n) is 21.1. The molecule has 0 bridgehead atoms. The van der Waals surface area contributed by atoms with Gasteiger partial charge in [0.2, 0.25) is 5.91 Å². The number of hydrogen-bond acceptors (Lipinski definition) is 5. The van der Waals surface area contributed by atoms with E-state index in [1.807, 2.05) is 37.3 Å². The third-order valence-corrected chi connectivity index (χ3v) is 7.14. The lowest BCUT2D eigenvalue weighted by molar-refractivity contribution is -0.384. The highest BCUT2D eigenvalue weighted by molar-refractivity contribution is 6.36. The maximum atomic E-state index is 13.7. The molecule has 3 aromatic rings. The first-order valence-corrected chi connectivity index (χ1v) is 13.0. The second-order valence-corrected chi connectivity index (χ2v) is 10.1. The minimum atomic E-state index is -0.879. The summed E-state index contributed by atoms with van der Waals surface area (Å²) >= 11 is 12.2. The number of hydrogen-bond donors (Lipinski definition) is 1. The van der Waals surface area contributed by atoms with E-state index < -0.39 is 16.9 Å². The van der Waals surface area contributed by atoms with Crippen LogP contribution in [0, 0.1) is 10.1 Å². The molecular formula is C28H26Cl2N4O5. The van der Waals surface area contributed by atoms with Crippen molar-refractivity contribution in [2.75, 3.05) is 19.6 Å². The smallest absolute Gasteiger partial charge is 0.269 e. The maximum Gasteiger partial charge on any atom is 0.269 e. The minimum absolute atomic E-state index is 0.134. The highest BCUT2D eigenvalue weighted by Crippen LogP contribution is 2.24. The molecule has 1 fully saturated rings. The second-order valence-electron chi connectivity index (χ2n) is 9.28. The van der Waals surface area contributed by atoms with Gasteiger partial charge >= 0.3 is 0 Å². The molecule has 39 heavy (non-hydrogen) atoms. The van der Waals surface area contributed by atoms with Gasteiger partial charge in [-0.15, -0.1) is 0 Å². The van der Waals surface area contributed by atoms with Crippen molar-refractivity contribution >= 4 is 46.6 Å². The molecule has 3 aromatic carbocycles. The molecule has 1 aliphatic heterocycles. The average Bonchev–Trinajstić information content (AvgIpc) is 2.92. The summed E-state index contributed by atoms with van der Waals surface area (Å²) in [5.74, 6) is -1.04. The standard InChI is InChI=1S/C28H26Cl2N4O5/c1-18-17-32(13-14-33(18)27(36)23-12-9-21(29)16-24(23)30)28(37)25(15-19-5-3-2-4-6-19)31-26(35)20-7-10-22(11-8-20)34(38)39/h2-12,16,18,25H,13-15,17H2,1H3,(H,31,35)/t18-,25-/m1/s1. The molecule has 9 nitrogen and oxygen atoms in total. The summed E-state index contributed by atoms with van der Waals surface area (Å²) in [5.41, 5.74) is 1.27. The molecule has 0 spiro atoms. The van der Waals surface area contributed by atoms with Gasteiger partial charge in [0.25, 0.3) is 17.5 Å². The molecule has 0 saturated carbocycles. The quantitative estimate of drug-likeness (QED) is 0.330. The van der Waals surface area contributed by atoms with Crippen molar-refractivity contribution in [2.24, 2.45) is 0 Å². The highest BCUT2D eigenvalue weighted by Gasteiger charge is 2.34. The number of nitrogens with one attached hydrogen (secondary N) is 1. The lowest BCUT2D eigenvalue weighted by atomic mass is 10.0. The zero-order chi connectivity index (χ0) is 28.1. The third kappa shape index (κ3) is 6.74. The lowest BCUT2D eigenvalue weighted by Gasteiger charge is -2.41. The van der Waals surface area contributed by atoms with Crippen molar-refractivity contribution in [3.05, 3.63) is 110 Å². The van der Waals surface area contributed by atoms with Crippen molar-refractivity contribution in [1.82, 2.24) is 15.1 Å². The van der Waals surface area contributed by atoms with Crippen LogP contribution < -0.4 is 5.32 Å². The number of benzene rings is 3. The topological polar surface area (TPSA) is 113 Å². The Morgan fingerprint density at radius 2 is 1.72 bits per heavy atom. The van der Waals surface area contributed by atoms with E-state index in [-0.39, 0.29) is 53.6 Å². The Kier molecular flexibility index (Phi) is 8.83. The minimum Gasteiger partial charge on any atom is -0.340 e. The molecule has 3 amide bonds. The molecule has 1 saturated heterocycles. The first-order chi connectivity index (χ1) is 18.6. The van der Waals surface area contributed by atoms with E-state index in [2.05, 4.69) is 5.32 Å². The number of piperazine rings is 1. The summed E-state index contributed by atoms with van der Waals surface area (Å²) in [6, 6.07) is 18.0. The van der Waals surface area contributed by atoms with Crippen LogP contribution in [0.2, 0.25) is 10.0 Å². The SMILES string of the molecule is C[C@@H]1CN(C(=O)[C@@H](Cc2ccccc2)NC(=O)c2ccc([N+](=O)[O-])cc2)CCN1C(=O)c1ccc(Cl)cc1Cl. The van der Waals surface area contributed by atoms with Gasteiger partial charge in [0, 0.05) is 54.8 Å². The first-order valence-electron chi connectivity index (χ1n) is 12.3. The summed E-state index contributed by atoms with van der Waals surface area (Å²) in [6.07, 6.45) is 0.256. The molecule has 0 radical (unpaired) electrons. The van der Waals surface area contributed by atoms with E-state index in [4.69, 9.17) is 23.2 Å². The van der Waals surface area contributed by atoms with Crippen LogP contribution in [0.3, 0.4) is 0 Å². The Morgan fingerprint density at radius 1 is 1.03 bits per heavy atom. The highest BCUT2D eigenvalue weighted by atomic mass is 35.5. The van der Waals surface area contributed by atoms with Gasteiger partial charge in [0.05, 0.1) is 15.5 Å². The Labute approximate surface area is 235 Å². The molecule has 0 unspecified atom stereocenters. The van der Waals surface area contributed by atoms with Crippen LogP contribution in [0.25, 0.3) is 0 Å². The van der Waals surface area contributed by atoms with Crippen molar-refractivity contribution in [2.45, 2.75) is 25.4 Å². The number of rotatable bonds is 7. The summed E-state index contributed by atoms with van der Waals surface area (Å²) in [5, 5.41) is 14.4. The summed E-state index contributed by atoms with van der Waals surface area (Å²) < 4.78 is 0. The van der Waals surface area contributed by atoms with Crippen molar-refractivity contribution < 1.29 is 19.3 Å². The number of carbonyl (C=O) groups is 3. The summed E-state index contributed by atoms with van der Waals surface area (Å²) in [7, 11) is 0. The van der Waals surface area contributed by atoms with Crippen LogP contribution in [0.15, 0.2) is 72.8 Å². The van der Waals surface area contributed by atoms with Gasteiger partial charge in [0.1, 0.15) is 6.04 Å². The first kappa shape index (κ1) is 28.1. The summed E-state index contributed by atoms with van der Waals surface area (Å²) in [4.78, 5) is 53.6. The van der Waals surface area contributed by atoms with E-state index in [1.165, 1.54) is 30.3 Å². The fourth-order valence-electron chi connectivity index (χ4n) is 4.52. The van der Waals surface area contributed by atoms with Crippen molar-refractivity contribution in [3.8, 4) is 0 Å². The number of carbonyl (C=O) groups excluding carboxylic acids is 3. The van der Waals surface area contributed by atoms with Gasteiger partial charge in [-0.1, -0.05) is 53.5 Å². The largest absolute Gasteiger partial charge is 0.340 e. The van der Waals surface area contributed by atoms with E-state index in [9.17, 15) is 24.5 Å². The number of nitro groups is 1. The molecule has 4 rings (SSSR count). The normalized spacial score (nSPS) is 15.9. The lowest BCUT2D eigenvalue weighted by Crippen LogP contribution is -2.59. The van der Waals surface area contributed by atoms with Crippen LogP contribution in [0.5, 0.6) is 0 Å². The number of amides is 3. The van der Waals surface area contributed by atoms with Crippen LogP contribution in [-0.2, 0) is 11.2 Å². The predicted octanol–water partition coefficient (Wildman–Crippen LogP) is 4.62. The average molecular weight is 569 g/mol. The van der Waals surface area contributed by atoms with Crippen LogP contribution in [0.4, 0.5) is 5.69 Å². The van der Waals surface area contributed by atoms with Gasteiger partial charge in [-0.25, -0.2) is 0 Å². The molecule has 1 heterocycles. The summed E-state index contributed by atoms with van der Waals surface area (Å²) in [6.45, 7) is 2.69. The molecule has 1 aliphatic rings. The monoisotopic (exact) mass is 568 g/mol. The molecule has 0 aliphatic carbocycles. The predicted molar refractivity (Wildman–Crippen MR) is 148 cm³/mol. The zero-order valence-corrected chi connectivity index (χ0v) is 22.6. The van der Waals surface area contributed by atoms with Gasteiger partial charge in [0.15, 0.2) is 0 Å². The Bertz CT molecular complexity index is 1380. The van der Waals surface area contributed by atoms with E-state index in [0.29, 0.717) is 17.1 Å². The third-order valence-electron chi connectivity index (χ3n) is 6.59.